The summed E-state index contributed by atoms with van der Waals surface area (Å²) in [6.45, 7) is 0.104. The predicted molar refractivity (Wildman–Crippen MR) is 75.1 cm³/mol. The van der Waals surface area contributed by atoms with Gasteiger partial charge in [-0.15, -0.1) is 0 Å². The average Bonchev–Trinajstić information content (AvgIpc) is 2.47. The molecule has 0 fully saturated rings. The van der Waals surface area contributed by atoms with Crippen LogP contribution in [-0.2, 0) is 11.3 Å². The Bertz CT molecular complexity index is 665. The molecule has 0 amide bonds. The van der Waals surface area contributed by atoms with Gasteiger partial charge in [-0.05, 0) is 5.56 Å². The van der Waals surface area contributed by atoms with Gasteiger partial charge in [-0.1, -0.05) is 30.3 Å². The monoisotopic (exact) mass is 289 g/mol. The third-order valence-corrected chi connectivity index (χ3v) is 2.93. The van der Waals surface area contributed by atoms with Crippen molar-refractivity contribution in [2.24, 2.45) is 0 Å². The number of pyridine rings is 1. The number of carboxylic acids is 1. The van der Waals surface area contributed by atoms with Crippen LogP contribution in [0.3, 0.4) is 0 Å². The summed E-state index contributed by atoms with van der Waals surface area (Å²) in [4.78, 5) is 25.2. The average molecular weight is 289 g/mol. The molecule has 0 saturated heterocycles. The number of aromatic amines is 1. The largest absolute Gasteiger partial charge is 0.477 e. The standard InChI is InChI=1S/C15H15NO5/c17-11-6-7-16-14(15(19)20)13(11)12(18)9-21-8-10-4-2-1-3-5-10/h1-7,12,18H,8-9H2,(H,16,17)(H,19,20). The number of ether oxygens (including phenoxy) is 1. The van der Waals surface area contributed by atoms with E-state index in [-0.39, 0.29) is 24.5 Å². The van der Waals surface area contributed by atoms with E-state index in [1.165, 1.54) is 12.3 Å². The minimum atomic E-state index is -1.30. The molecule has 1 unspecified atom stereocenters. The maximum absolute atomic E-state index is 11.7. The Morgan fingerprint density at radius 3 is 2.62 bits per heavy atom. The molecule has 0 aliphatic heterocycles. The van der Waals surface area contributed by atoms with E-state index in [0.717, 1.165) is 5.56 Å². The Morgan fingerprint density at radius 1 is 1.24 bits per heavy atom. The fourth-order valence-corrected chi connectivity index (χ4v) is 1.95. The summed E-state index contributed by atoms with van der Waals surface area (Å²) in [5.41, 5.74) is -0.136. The van der Waals surface area contributed by atoms with Gasteiger partial charge in [0.25, 0.3) is 0 Å². The summed E-state index contributed by atoms with van der Waals surface area (Å²) in [5, 5.41) is 19.0. The highest BCUT2D eigenvalue weighted by Gasteiger charge is 2.20. The Balaban J connectivity index is 2.05. The zero-order valence-electron chi connectivity index (χ0n) is 11.2. The van der Waals surface area contributed by atoms with Gasteiger partial charge in [0.05, 0.1) is 18.8 Å². The number of aromatic carboxylic acids is 1. The molecule has 2 rings (SSSR count). The third-order valence-electron chi connectivity index (χ3n) is 2.93. The van der Waals surface area contributed by atoms with Gasteiger partial charge < -0.3 is 19.9 Å². The topological polar surface area (TPSA) is 99.6 Å². The molecule has 6 heteroatoms. The molecular weight excluding hydrogens is 274 g/mol. The number of hydrogen-bond donors (Lipinski definition) is 3. The van der Waals surface area contributed by atoms with Crippen molar-refractivity contribution in [1.29, 1.82) is 0 Å². The SMILES string of the molecule is O=C(O)c1[nH]ccc(=O)c1C(O)COCc1ccccc1. The molecule has 0 aliphatic rings. The first kappa shape index (κ1) is 15.0. The smallest absolute Gasteiger partial charge is 0.352 e. The second-order valence-corrected chi connectivity index (χ2v) is 4.45. The van der Waals surface area contributed by atoms with Crippen LogP contribution in [0.2, 0.25) is 0 Å². The van der Waals surface area contributed by atoms with Crippen LogP contribution in [-0.4, -0.2) is 27.8 Å². The molecule has 6 nitrogen and oxygen atoms in total. The highest BCUT2D eigenvalue weighted by Crippen LogP contribution is 2.13. The number of hydrogen-bond acceptors (Lipinski definition) is 4. The molecule has 0 saturated carbocycles. The van der Waals surface area contributed by atoms with E-state index in [1.54, 1.807) is 0 Å². The Hall–Kier alpha value is -2.44. The van der Waals surface area contributed by atoms with Gasteiger partial charge >= 0.3 is 5.97 Å². The van der Waals surface area contributed by atoms with Gasteiger partial charge in [0.1, 0.15) is 11.8 Å². The van der Waals surface area contributed by atoms with Gasteiger partial charge in [-0.3, -0.25) is 4.79 Å². The third kappa shape index (κ3) is 3.77. The highest BCUT2D eigenvalue weighted by molar-refractivity contribution is 5.87. The molecule has 3 N–H and O–H groups in total. The molecule has 1 heterocycles. The maximum atomic E-state index is 11.7. The van der Waals surface area contributed by atoms with E-state index in [2.05, 4.69) is 4.98 Å². The number of H-pyrrole nitrogens is 1. The predicted octanol–water partition coefficient (Wildman–Crippen LogP) is 1.32. The van der Waals surface area contributed by atoms with Crippen molar-refractivity contribution in [3.63, 3.8) is 0 Å². The first-order chi connectivity index (χ1) is 10.1. The summed E-state index contributed by atoms with van der Waals surface area (Å²) in [6, 6.07) is 10.5. The molecular formula is C15H15NO5. The summed E-state index contributed by atoms with van der Waals surface area (Å²) in [5.74, 6) is -1.30. The van der Waals surface area contributed by atoms with E-state index < -0.39 is 17.5 Å². The number of nitrogens with one attached hydrogen (secondary N) is 1. The van der Waals surface area contributed by atoms with Crippen LogP contribution in [0.4, 0.5) is 0 Å². The molecule has 1 aromatic heterocycles. The van der Waals surface area contributed by atoms with Crippen molar-refractivity contribution in [2.75, 3.05) is 6.61 Å². The molecule has 1 atom stereocenters. The van der Waals surface area contributed by atoms with E-state index in [0.29, 0.717) is 0 Å². The van der Waals surface area contributed by atoms with Crippen molar-refractivity contribution in [1.82, 2.24) is 4.98 Å². The quantitative estimate of drug-likeness (QED) is 0.745. The van der Waals surface area contributed by atoms with Crippen LogP contribution < -0.4 is 5.43 Å². The lowest BCUT2D eigenvalue weighted by atomic mass is 10.1. The van der Waals surface area contributed by atoms with Gasteiger partial charge in [-0.2, -0.15) is 0 Å². The summed E-state index contributed by atoms with van der Waals surface area (Å²) in [6.07, 6.45) is -0.0721. The van der Waals surface area contributed by atoms with Gasteiger partial charge in [-0.25, -0.2) is 4.79 Å². The van der Waals surface area contributed by atoms with Crippen LogP contribution in [0.25, 0.3) is 0 Å². The van der Waals surface area contributed by atoms with E-state index >= 15 is 0 Å². The molecule has 21 heavy (non-hydrogen) atoms. The van der Waals surface area contributed by atoms with Crippen molar-refractivity contribution in [3.8, 4) is 0 Å². The first-order valence-electron chi connectivity index (χ1n) is 6.34. The number of benzene rings is 1. The van der Waals surface area contributed by atoms with Crippen molar-refractivity contribution in [3.05, 3.63) is 69.6 Å². The second kappa shape index (κ2) is 6.83. The number of aromatic nitrogens is 1. The number of carboxylic acid groups (broad SMARTS) is 1. The molecule has 110 valence electrons. The minimum absolute atomic E-state index is 0.164. The van der Waals surface area contributed by atoms with Crippen LogP contribution in [0.1, 0.15) is 27.7 Å². The lowest BCUT2D eigenvalue weighted by molar-refractivity contribution is 0.0259. The van der Waals surface area contributed by atoms with Crippen LogP contribution in [0.15, 0.2) is 47.4 Å². The number of rotatable bonds is 6. The van der Waals surface area contributed by atoms with Crippen molar-refractivity contribution >= 4 is 5.97 Å². The lowest BCUT2D eigenvalue weighted by Crippen LogP contribution is -2.22. The summed E-state index contributed by atoms with van der Waals surface area (Å²) in [7, 11) is 0. The molecule has 2 aromatic rings. The molecule has 0 bridgehead atoms. The number of aliphatic hydroxyl groups excluding tert-OH is 1. The fourth-order valence-electron chi connectivity index (χ4n) is 1.95. The normalized spacial score (nSPS) is 12.0. The van der Waals surface area contributed by atoms with Gasteiger partial charge in [0.15, 0.2) is 5.43 Å². The Kier molecular flexibility index (Phi) is 4.86. The molecule has 0 spiro atoms. The van der Waals surface area contributed by atoms with E-state index in [4.69, 9.17) is 9.84 Å². The van der Waals surface area contributed by atoms with Gasteiger partial charge in [0.2, 0.25) is 0 Å². The van der Waals surface area contributed by atoms with Crippen molar-refractivity contribution in [2.45, 2.75) is 12.7 Å². The zero-order chi connectivity index (χ0) is 15.2. The van der Waals surface area contributed by atoms with E-state index in [1.807, 2.05) is 30.3 Å². The number of aliphatic hydroxyl groups is 1. The van der Waals surface area contributed by atoms with Gasteiger partial charge in [0, 0.05) is 12.3 Å². The zero-order valence-corrected chi connectivity index (χ0v) is 11.2. The van der Waals surface area contributed by atoms with Crippen LogP contribution in [0, 0.1) is 0 Å². The molecule has 1 aromatic carbocycles. The number of carbonyl (C=O) groups is 1. The Morgan fingerprint density at radius 2 is 1.95 bits per heavy atom. The van der Waals surface area contributed by atoms with Crippen LogP contribution in [0.5, 0.6) is 0 Å². The minimum Gasteiger partial charge on any atom is -0.477 e. The summed E-state index contributed by atoms with van der Waals surface area (Å²) >= 11 is 0. The molecule has 0 aliphatic carbocycles. The van der Waals surface area contributed by atoms with Crippen molar-refractivity contribution < 1.29 is 19.7 Å². The molecule has 0 radical (unpaired) electrons. The Labute approximate surface area is 120 Å². The summed E-state index contributed by atoms with van der Waals surface area (Å²) < 4.78 is 5.33. The fraction of sp³-hybridized carbons (Fsp3) is 0.200. The second-order valence-electron chi connectivity index (χ2n) is 4.45. The lowest BCUT2D eigenvalue weighted by Gasteiger charge is -2.13. The highest BCUT2D eigenvalue weighted by atomic mass is 16.5. The van der Waals surface area contributed by atoms with E-state index in [9.17, 15) is 14.7 Å². The van der Waals surface area contributed by atoms with Crippen LogP contribution >= 0.6 is 0 Å². The maximum Gasteiger partial charge on any atom is 0.352 e. The first-order valence-corrected chi connectivity index (χ1v) is 6.34.